The van der Waals surface area contributed by atoms with Gasteiger partial charge in [-0.3, -0.25) is 4.79 Å². The summed E-state index contributed by atoms with van der Waals surface area (Å²) in [5.41, 5.74) is 2.68. The number of methoxy groups -OCH3 is 2. The quantitative estimate of drug-likeness (QED) is 0.866. The summed E-state index contributed by atoms with van der Waals surface area (Å²) in [7, 11) is 3.18. The van der Waals surface area contributed by atoms with Crippen LogP contribution in [-0.4, -0.2) is 26.8 Å². The summed E-state index contributed by atoms with van der Waals surface area (Å²) in [6.07, 6.45) is 1.58. The summed E-state index contributed by atoms with van der Waals surface area (Å²) in [6.45, 7) is 0.233. The second-order valence-electron chi connectivity index (χ2n) is 5.93. The lowest BCUT2D eigenvalue weighted by Crippen LogP contribution is -2.21. The van der Waals surface area contributed by atoms with Gasteiger partial charge in [-0.25, -0.2) is 0 Å². The molecule has 0 saturated heterocycles. The van der Waals surface area contributed by atoms with Crippen LogP contribution < -0.4 is 18.9 Å². The zero-order chi connectivity index (χ0) is 16.7. The predicted octanol–water partition coefficient (Wildman–Crippen LogP) is 3.35. The molecule has 1 heterocycles. The van der Waals surface area contributed by atoms with E-state index in [1.807, 2.05) is 24.3 Å². The molecule has 2 aromatic rings. The van der Waals surface area contributed by atoms with Crippen molar-refractivity contribution in [1.29, 1.82) is 0 Å². The van der Waals surface area contributed by atoms with Crippen LogP contribution >= 0.6 is 0 Å². The van der Waals surface area contributed by atoms with Crippen LogP contribution in [0.4, 0.5) is 0 Å². The normalized spacial score (nSPS) is 18.2. The van der Waals surface area contributed by atoms with Crippen LogP contribution in [0, 0.1) is 0 Å². The van der Waals surface area contributed by atoms with E-state index >= 15 is 0 Å². The van der Waals surface area contributed by atoms with Gasteiger partial charge < -0.3 is 18.9 Å². The van der Waals surface area contributed by atoms with Gasteiger partial charge in [0.25, 0.3) is 0 Å². The van der Waals surface area contributed by atoms with Gasteiger partial charge >= 0.3 is 0 Å². The Labute approximate surface area is 140 Å². The van der Waals surface area contributed by atoms with Gasteiger partial charge in [0.1, 0.15) is 0 Å². The molecule has 1 aliphatic carbocycles. The number of ketones is 1. The van der Waals surface area contributed by atoms with Crippen LogP contribution in [0.2, 0.25) is 0 Å². The molecule has 4 rings (SSSR count). The highest BCUT2D eigenvalue weighted by molar-refractivity contribution is 6.03. The van der Waals surface area contributed by atoms with Crippen LogP contribution in [-0.2, 0) is 6.42 Å². The molecule has 2 aliphatic rings. The van der Waals surface area contributed by atoms with Gasteiger partial charge in [0.05, 0.1) is 14.2 Å². The number of hydrogen-bond donors (Lipinski definition) is 0. The molecule has 0 saturated carbocycles. The molecule has 0 aromatic heterocycles. The molecule has 0 radical (unpaired) electrons. The largest absolute Gasteiger partial charge is 0.493 e. The minimum Gasteiger partial charge on any atom is -0.493 e. The Kier molecular flexibility index (Phi) is 3.56. The van der Waals surface area contributed by atoms with Crippen LogP contribution in [0.5, 0.6) is 23.0 Å². The molecule has 124 valence electrons. The zero-order valence-corrected chi connectivity index (χ0v) is 13.6. The van der Waals surface area contributed by atoms with E-state index < -0.39 is 0 Å². The number of fused-ring (bicyclic) bond motifs is 2. The second-order valence-corrected chi connectivity index (χ2v) is 5.93. The van der Waals surface area contributed by atoms with E-state index in [-0.39, 0.29) is 18.5 Å². The first-order valence-corrected chi connectivity index (χ1v) is 7.90. The van der Waals surface area contributed by atoms with Crippen molar-refractivity contribution in [2.45, 2.75) is 18.8 Å². The van der Waals surface area contributed by atoms with Gasteiger partial charge in [-0.15, -0.1) is 0 Å². The van der Waals surface area contributed by atoms with Crippen LogP contribution in [0.25, 0.3) is 0 Å². The van der Waals surface area contributed by atoms with E-state index in [2.05, 4.69) is 0 Å². The highest BCUT2D eigenvalue weighted by Crippen LogP contribution is 2.41. The standard InChI is InChI=1S/C19H18O5/c1-21-16-7-12-3-5-13(19(20)14(12)9-17(16)22-2)11-4-6-15-18(8-11)24-10-23-15/h4,6-9,13H,3,5,10H2,1-2H3/t13-/m1/s1. The number of Topliss-reactive ketones (excluding diaryl/α,β-unsaturated/α-hetero) is 1. The minimum atomic E-state index is -0.176. The number of rotatable bonds is 3. The van der Waals surface area contributed by atoms with Crippen LogP contribution in [0.3, 0.4) is 0 Å². The number of aryl methyl sites for hydroxylation is 1. The summed E-state index contributed by atoms with van der Waals surface area (Å²) in [6, 6.07) is 9.42. The first-order valence-electron chi connectivity index (χ1n) is 7.90. The summed E-state index contributed by atoms with van der Waals surface area (Å²) >= 11 is 0. The molecule has 2 aromatic carbocycles. The van der Waals surface area contributed by atoms with Crippen molar-refractivity contribution in [2.75, 3.05) is 21.0 Å². The van der Waals surface area contributed by atoms with E-state index in [0.717, 1.165) is 29.7 Å². The van der Waals surface area contributed by atoms with E-state index in [4.69, 9.17) is 18.9 Å². The third-order valence-electron chi connectivity index (χ3n) is 4.69. The fourth-order valence-corrected chi connectivity index (χ4v) is 3.42. The van der Waals surface area contributed by atoms with Crippen molar-refractivity contribution in [3.05, 3.63) is 47.0 Å². The average molecular weight is 326 g/mol. The van der Waals surface area contributed by atoms with E-state index in [1.165, 1.54) is 0 Å². The third-order valence-corrected chi connectivity index (χ3v) is 4.69. The summed E-state index contributed by atoms with van der Waals surface area (Å²) < 4.78 is 21.4. The number of carbonyl (C=O) groups is 1. The van der Waals surface area contributed by atoms with Gasteiger partial charge in [0, 0.05) is 11.5 Å². The Balaban J connectivity index is 1.71. The summed E-state index contributed by atoms with van der Waals surface area (Å²) in [5, 5.41) is 0. The van der Waals surface area contributed by atoms with Crippen molar-refractivity contribution >= 4 is 5.78 Å². The minimum absolute atomic E-state index is 0.107. The summed E-state index contributed by atoms with van der Waals surface area (Å²) in [5.74, 6) is 2.61. The fourth-order valence-electron chi connectivity index (χ4n) is 3.42. The van der Waals surface area contributed by atoms with E-state index in [9.17, 15) is 4.79 Å². The highest BCUT2D eigenvalue weighted by atomic mass is 16.7. The highest BCUT2D eigenvalue weighted by Gasteiger charge is 2.31. The SMILES string of the molecule is COc1cc2c(cc1OC)C(=O)[C@@H](c1ccc3c(c1)OCO3)CC2. The molecular formula is C19H18O5. The molecule has 0 N–H and O–H groups in total. The molecule has 0 spiro atoms. The molecule has 5 nitrogen and oxygen atoms in total. The topological polar surface area (TPSA) is 54.0 Å². The molecule has 0 fully saturated rings. The molecule has 1 atom stereocenters. The van der Waals surface area contributed by atoms with E-state index in [1.54, 1.807) is 20.3 Å². The third kappa shape index (κ3) is 2.28. The maximum Gasteiger partial charge on any atom is 0.231 e. The van der Waals surface area contributed by atoms with Crippen LogP contribution in [0.15, 0.2) is 30.3 Å². The molecular weight excluding hydrogens is 308 g/mol. The first-order chi connectivity index (χ1) is 11.7. The summed E-state index contributed by atoms with van der Waals surface area (Å²) in [4.78, 5) is 13.0. The Morgan fingerprint density at radius 2 is 1.75 bits per heavy atom. The van der Waals surface area contributed by atoms with Crippen molar-refractivity contribution in [1.82, 2.24) is 0 Å². The molecule has 0 bridgehead atoms. The lowest BCUT2D eigenvalue weighted by molar-refractivity contribution is 0.0945. The Morgan fingerprint density at radius 3 is 2.54 bits per heavy atom. The maximum absolute atomic E-state index is 13.0. The smallest absolute Gasteiger partial charge is 0.231 e. The zero-order valence-electron chi connectivity index (χ0n) is 13.6. The Hall–Kier alpha value is -2.69. The number of benzene rings is 2. The molecule has 1 aliphatic heterocycles. The molecule has 0 amide bonds. The van der Waals surface area contributed by atoms with Crippen molar-refractivity contribution in [3.63, 3.8) is 0 Å². The molecule has 5 heteroatoms. The van der Waals surface area contributed by atoms with Crippen molar-refractivity contribution < 1.29 is 23.7 Å². The van der Waals surface area contributed by atoms with Crippen molar-refractivity contribution in [3.8, 4) is 23.0 Å². The van der Waals surface area contributed by atoms with Gasteiger partial charge in [0.2, 0.25) is 6.79 Å². The van der Waals surface area contributed by atoms with Crippen LogP contribution in [0.1, 0.15) is 33.8 Å². The maximum atomic E-state index is 13.0. The lowest BCUT2D eigenvalue weighted by atomic mass is 9.79. The van der Waals surface area contributed by atoms with Gasteiger partial charge in [-0.1, -0.05) is 6.07 Å². The molecule has 24 heavy (non-hydrogen) atoms. The Bertz CT molecular complexity index is 812. The fraction of sp³-hybridized carbons (Fsp3) is 0.316. The predicted molar refractivity (Wildman–Crippen MR) is 87.5 cm³/mol. The van der Waals surface area contributed by atoms with E-state index in [0.29, 0.717) is 22.8 Å². The first kappa shape index (κ1) is 14.9. The molecule has 0 unspecified atom stereocenters. The Morgan fingerprint density at radius 1 is 1.00 bits per heavy atom. The number of hydrogen-bond acceptors (Lipinski definition) is 5. The van der Waals surface area contributed by atoms with Crippen molar-refractivity contribution in [2.24, 2.45) is 0 Å². The average Bonchev–Trinajstić information content (AvgIpc) is 3.08. The monoisotopic (exact) mass is 326 g/mol. The second kappa shape index (κ2) is 5.74. The van der Waals surface area contributed by atoms with Gasteiger partial charge in [0.15, 0.2) is 28.8 Å². The lowest BCUT2D eigenvalue weighted by Gasteiger charge is -2.25. The number of ether oxygens (including phenoxy) is 4. The van der Waals surface area contributed by atoms with Gasteiger partial charge in [-0.05, 0) is 48.2 Å². The number of carbonyl (C=O) groups excluding carboxylic acids is 1. The van der Waals surface area contributed by atoms with Gasteiger partial charge in [-0.2, -0.15) is 0 Å².